The standard InChI is InChI=1S/C11H21NO/c1-3-4-5-6-7-8-11(13)10(2)9-12/h3,10H,1,4-9,12H2,2H3. The van der Waals surface area contributed by atoms with Crippen LogP contribution in [0.1, 0.15) is 39.0 Å². The molecule has 0 spiro atoms. The van der Waals surface area contributed by atoms with Crippen molar-refractivity contribution in [3.8, 4) is 0 Å². The maximum atomic E-state index is 11.3. The monoisotopic (exact) mass is 183 g/mol. The second kappa shape index (κ2) is 7.99. The lowest BCUT2D eigenvalue weighted by atomic mass is 10.0. The predicted octanol–water partition coefficient (Wildman–Crippen LogP) is 2.29. The van der Waals surface area contributed by atoms with E-state index in [0.29, 0.717) is 18.7 Å². The molecule has 0 saturated carbocycles. The van der Waals surface area contributed by atoms with Crippen molar-refractivity contribution in [1.29, 1.82) is 0 Å². The van der Waals surface area contributed by atoms with Gasteiger partial charge in [0.25, 0.3) is 0 Å². The summed E-state index contributed by atoms with van der Waals surface area (Å²) in [6, 6.07) is 0. The topological polar surface area (TPSA) is 43.1 Å². The van der Waals surface area contributed by atoms with Gasteiger partial charge >= 0.3 is 0 Å². The van der Waals surface area contributed by atoms with E-state index in [1.807, 2.05) is 13.0 Å². The number of hydrogen-bond acceptors (Lipinski definition) is 2. The summed E-state index contributed by atoms with van der Waals surface area (Å²) in [5.74, 6) is 0.348. The number of unbranched alkanes of at least 4 members (excludes halogenated alkanes) is 3. The third-order valence-corrected chi connectivity index (χ3v) is 2.23. The summed E-state index contributed by atoms with van der Waals surface area (Å²) in [5.41, 5.74) is 5.39. The van der Waals surface area contributed by atoms with Gasteiger partial charge in [-0.25, -0.2) is 0 Å². The summed E-state index contributed by atoms with van der Waals surface area (Å²) in [7, 11) is 0. The van der Waals surface area contributed by atoms with E-state index in [1.165, 1.54) is 0 Å². The van der Waals surface area contributed by atoms with Crippen LogP contribution in [0.4, 0.5) is 0 Å². The van der Waals surface area contributed by atoms with E-state index in [9.17, 15) is 4.79 Å². The average molecular weight is 183 g/mol. The molecule has 0 aromatic heterocycles. The van der Waals surface area contributed by atoms with Crippen LogP contribution in [0.5, 0.6) is 0 Å². The molecule has 2 nitrogen and oxygen atoms in total. The molecule has 0 aliphatic heterocycles. The van der Waals surface area contributed by atoms with Gasteiger partial charge in [-0.05, 0) is 19.3 Å². The molecule has 0 radical (unpaired) electrons. The molecule has 0 amide bonds. The second-order valence-corrected chi connectivity index (χ2v) is 3.49. The van der Waals surface area contributed by atoms with Crippen molar-refractivity contribution in [2.75, 3.05) is 6.54 Å². The quantitative estimate of drug-likeness (QED) is 0.463. The Morgan fingerprint density at radius 3 is 2.69 bits per heavy atom. The molecule has 0 aromatic carbocycles. The minimum Gasteiger partial charge on any atom is -0.330 e. The number of nitrogens with two attached hydrogens (primary N) is 1. The normalized spacial score (nSPS) is 12.5. The van der Waals surface area contributed by atoms with Crippen LogP contribution in [0.15, 0.2) is 12.7 Å². The van der Waals surface area contributed by atoms with Crippen LogP contribution in [0, 0.1) is 5.92 Å². The summed E-state index contributed by atoms with van der Waals surface area (Å²) >= 11 is 0. The van der Waals surface area contributed by atoms with Crippen LogP contribution >= 0.6 is 0 Å². The number of carbonyl (C=O) groups is 1. The Labute approximate surface area is 81.2 Å². The second-order valence-electron chi connectivity index (χ2n) is 3.49. The van der Waals surface area contributed by atoms with E-state index in [1.54, 1.807) is 0 Å². The van der Waals surface area contributed by atoms with E-state index in [4.69, 9.17) is 5.73 Å². The molecule has 13 heavy (non-hydrogen) atoms. The van der Waals surface area contributed by atoms with Crippen molar-refractivity contribution in [3.05, 3.63) is 12.7 Å². The maximum absolute atomic E-state index is 11.3. The molecule has 0 aliphatic rings. The zero-order valence-corrected chi connectivity index (χ0v) is 8.59. The molecule has 2 heteroatoms. The molecule has 1 atom stereocenters. The van der Waals surface area contributed by atoms with Crippen LogP contribution in [-0.2, 0) is 4.79 Å². The molecule has 0 aromatic rings. The number of rotatable bonds is 8. The smallest absolute Gasteiger partial charge is 0.136 e. The average Bonchev–Trinajstić information content (AvgIpc) is 2.16. The Kier molecular flexibility index (Phi) is 7.60. The van der Waals surface area contributed by atoms with Crippen molar-refractivity contribution in [2.45, 2.75) is 39.0 Å². The van der Waals surface area contributed by atoms with Gasteiger partial charge in [-0.15, -0.1) is 6.58 Å². The fraction of sp³-hybridized carbons (Fsp3) is 0.727. The van der Waals surface area contributed by atoms with Gasteiger partial charge < -0.3 is 5.73 Å². The Hall–Kier alpha value is -0.630. The predicted molar refractivity (Wildman–Crippen MR) is 56.5 cm³/mol. The van der Waals surface area contributed by atoms with E-state index in [2.05, 4.69) is 6.58 Å². The minimum atomic E-state index is 0.0411. The van der Waals surface area contributed by atoms with E-state index < -0.39 is 0 Å². The van der Waals surface area contributed by atoms with Crippen molar-refractivity contribution < 1.29 is 4.79 Å². The molecule has 0 aliphatic carbocycles. The lowest BCUT2D eigenvalue weighted by molar-refractivity contribution is -0.122. The van der Waals surface area contributed by atoms with Crippen molar-refractivity contribution in [2.24, 2.45) is 11.7 Å². The van der Waals surface area contributed by atoms with Crippen LogP contribution in [0.3, 0.4) is 0 Å². The fourth-order valence-electron chi connectivity index (χ4n) is 1.14. The summed E-state index contributed by atoms with van der Waals surface area (Å²) in [6.07, 6.45) is 6.93. The molecule has 0 heterocycles. The molecular weight excluding hydrogens is 162 g/mol. The summed E-state index contributed by atoms with van der Waals surface area (Å²) in [6.45, 7) is 6.02. The third-order valence-electron chi connectivity index (χ3n) is 2.23. The molecule has 1 unspecified atom stereocenters. The first-order valence-electron chi connectivity index (χ1n) is 5.06. The van der Waals surface area contributed by atoms with Crippen LogP contribution in [0.2, 0.25) is 0 Å². The number of Topliss-reactive ketones (excluding diaryl/α,β-unsaturated/α-hetero) is 1. The van der Waals surface area contributed by atoms with E-state index >= 15 is 0 Å². The van der Waals surface area contributed by atoms with Gasteiger partial charge in [0, 0.05) is 18.9 Å². The Bertz CT molecular complexity index is 154. The van der Waals surface area contributed by atoms with Gasteiger partial charge in [0.15, 0.2) is 0 Å². The molecule has 76 valence electrons. The van der Waals surface area contributed by atoms with Gasteiger partial charge in [0.05, 0.1) is 0 Å². The molecule has 0 rings (SSSR count). The first kappa shape index (κ1) is 12.4. The number of hydrogen-bond donors (Lipinski definition) is 1. The van der Waals surface area contributed by atoms with Crippen LogP contribution < -0.4 is 5.73 Å². The van der Waals surface area contributed by atoms with Gasteiger partial charge in [-0.1, -0.05) is 19.4 Å². The Morgan fingerprint density at radius 2 is 2.15 bits per heavy atom. The zero-order chi connectivity index (χ0) is 10.1. The Morgan fingerprint density at radius 1 is 1.46 bits per heavy atom. The Balaban J connectivity index is 3.31. The number of carbonyl (C=O) groups excluding carboxylic acids is 1. The van der Waals surface area contributed by atoms with Gasteiger partial charge in [0.1, 0.15) is 5.78 Å². The van der Waals surface area contributed by atoms with Crippen molar-refractivity contribution in [1.82, 2.24) is 0 Å². The number of ketones is 1. The molecular formula is C11H21NO. The lowest BCUT2D eigenvalue weighted by Gasteiger charge is -2.06. The fourth-order valence-corrected chi connectivity index (χ4v) is 1.14. The maximum Gasteiger partial charge on any atom is 0.136 e. The minimum absolute atomic E-state index is 0.0411. The third kappa shape index (κ3) is 6.52. The van der Waals surface area contributed by atoms with Gasteiger partial charge in [-0.2, -0.15) is 0 Å². The van der Waals surface area contributed by atoms with Gasteiger partial charge in [0.2, 0.25) is 0 Å². The summed E-state index contributed by atoms with van der Waals surface area (Å²) < 4.78 is 0. The first-order valence-corrected chi connectivity index (χ1v) is 5.06. The summed E-state index contributed by atoms with van der Waals surface area (Å²) in [5, 5.41) is 0. The number of allylic oxidation sites excluding steroid dienone is 1. The zero-order valence-electron chi connectivity index (χ0n) is 8.59. The molecule has 0 bridgehead atoms. The highest BCUT2D eigenvalue weighted by molar-refractivity contribution is 5.80. The SMILES string of the molecule is C=CCCCCCC(=O)C(C)CN. The van der Waals surface area contributed by atoms with E-state index in [-0.39, 0.29) is 5.92 Å². The van der Waals surface area contributed by atoms with Crippen LogP contribution in [-0.4, -0.2) is 12.3 Å². The lowest BCUT2D eigenvalue weighted by Crippen LogP contribution is -2.20. The highest BCUT2D eigenvalue weighted by Gasteiger charge is 2.09. The van der Waals surface area contributed by atoms with E-state index in [0.717, 1.165) is 25.7 Å². The highest BCUT2D eigenvalue weighted by Crippen LogP contribution is 2.07. The highest BCUT2D eigenvalue weighted by atomic mass is 16.1. The van der Waals surface area contributed by atoms with Crippen molar-refractivity contribution >= 4 is 5.78 Å². The molecule has 0 saturated heterocycles. The van der Waals surface area contributed by atoms with Crippen LogP contribution in [0.25, 0.3) is 0 Å². The largest absolute Gasteiger partial charge is 0.330 e. The first-order chi connectivity index (χ1) is 6.22. The van der Waals surface area contributed by atoms with Crippen molar-refractivity contribution in [3.63, 3.8) is 0 Å². The van der Waals surface area contributed by atoms with Gasteiger partial charge in [-0.3, -0.25) is 4.79 Å². The summed E-state index contributed by atoms with van der Waals surface area (Å²) in [4.78, 5) is 11.3. The molecule has 2 N–H and O–H groups in total. The molecule has 0 fully saturated rings.